The van der Waals surface area contributed by atoms with Crippen molar-refractivity contribution in [3.8, 4) is 5.75 Å². The molecule has 1 aliphatic heterocycles. The third-order valence-electron chi connectivity index (χ3n) is 4.70. The largest absolute Gasteiger partial charge is 0.497 e. The quantitative estimate of drug-likeness (QED) is 0.744. The van der Waals surface area contributed by atoms with E-state index in [1.165, 1.54) is 16.7 Å². The molecule has 0 saturated carbocycles. The first-order valence-corrected chi connectivity index (χ1v) is 8.85. The topological polar surface area (TPSA) is 28.1 Å². The van der Waals surface area contributed by atoms with Crippen molar-refractivity contribution >= 4 is 18.6 Å². The molecule has 0 radical (unpaired) electrons. The highest BCUT2D eigenvalue weighted by Crippen LogP contribution is 2.15. The first-order valence-electron chi connectivity index (χ1n) is 8.85. The molecule has 0 aromatic heterocycles. The molecule has 0 N–H and O–H groups in total. The molecule has 1 saturated heterocycles. The lowest BCUT2D eigenvalue weighted by molar-refractivity contribution is 0.131. The van der Waals surface area contributed by atoms with Crippen molar-refractivity contribution in [1.29, 1.82) is 0 Å². The Bertz CT molecular complexity index is 740. The third kappa shape index (κ3) is 5.48. The number of aryl methyl sites for hydroxylation is 2. The van der Waals surface area contributed by atoms with Gasteiger partial charge in [-0.15, -0.1) is 12.4 Å². The molecule has 4 nitrogen and oxygen atoms in total. The van der Waals surface area contributed by atoms with Crippen LogP contribution in [0.1, 0.15) is 22.3 Å². The van der Waals surface area contributed by atoms with Crippen LogP contribution in [-0.2, 0) is 6.54 Å². The Balaban J connectivity index is 0.00000243. The van der Waals surface area contributed by atoms with Gasteiger partial charge in [0.2, 0.25) is 0 Å². The monoisotopic (exact) mass is 373 g/mol. The Labute approximate surface area is 162 Å². The minimum absolute atomic E-state index is 0. The number of nitrogens with zero attached hydrogens (tertiary/aromatic N) is 3. The summed E-state index contributed by atoms with van der Waals surface area (Å²) in [5.41, 5.74) is 5.22. The van der Waals surface area contributed by atoms with Crippen molar-refractivity contribution in [2.75, 3.05) is 33.3 Å². The summed E-state index contributed by atoms with van der Waals surface area (Å²) < 4.78 is 5.25. The highest BCUT2D eigenvalue weighted by Gasteiger charge is 2.16. The van der Waals surface area contributed by atoms with Gasteiger partial charge in [0, 0.05) is 32.7 Å². The highest BCUT2D eigenvalue weighted by molar-refractivity contribution is 5.85. The van der Waals surface area contributed by atoms with E-state index in [1.54, 1.807) is 7.11 Å². The van der Waals surface area contributed by atoms with Crippen LogP contribution in [0.3, 0.4) is 0 Å². The number of hydrogen-bond acceptors (Lipinski definition) is 4. The maximum absolute atomic E-state index is 5.25. The standard InChI is InChI=1S/C21H27N3O.ClH/c1-17-7-8-20(18(2)13-17)16-23-9-11-24(12-10-23)22-15-19-5-4-6-21(14-19)25-3;/h4-8,13-15H,9-12,16H2,1-3H3;1H. The molecule has 2 aromatic rings. The second kappa shape index (κ2) is 9.60. The predicted octanol–water partition coefficient (Wildman–Crippen LogP) is 3.89. The van der Waals surface area contributed by atoms with Crippen molar-refractivity contribution in [2.24, 2.45) is 5.10 Å². The van der Waals surface area contributed by atoms with Crippen LogP contribution in [-0.4, -0.2) is 49.4 Å². The second-order valence-electron chi connectivity index (χ2n) is 6.68. The first-order chi connectivity index (χ1) is 12.1. The van der Waals surface area contributed by atoms with Gasteiger partial charge >= 0.3 is 0 Å². The van der Waals surface area contributed by atoms with E-state index in [-0.39, 0.29) is 12.4 Å². The average Bonchev–Trinajstić information content (AvgIpc) is 2.63. The zero-order valence-electron chi connectivity index (χ0n) is 15.8. The minimum Gasteiger partial charge on any atom is -0.497 e. The van der Waals surface area contributed by atoms with Crippen molar-refractivity contribution in [3.05, 3.63) is 64.7 Å². The molecule has 1 fully saturated rings. The van der Waals surface area contributed by atoms with Gasteiger partial charge in [-0.25, -0.2) is 0 Å². The average molecular weight is 374 g/mol. The van der Waals surface area contributed by atoms with Crippen molar-refractivity contribution in [1.82, 2.24) is 9.91 Å². The molecule has 5 heteroatoms. The summed E-state index contributed by atoms with van der Waals surface area (Å²) in [4.78, 5) is 2.51. The summed E-state index contributed by atoms with van der Waals surface area (Å²) in [7, 11) is 1.69. The molecule has 0 aliphatic carbocycles. The van der Waals surface area contributed by atoms with Gasteiger partial charge in [-0.1, -0.05) is 35.9 Å². The Morgan fingerprint density at radius 2 is 1.81 bits per heavy atom. The molecule has 0 spiro atoms. The summed E-state index contributed by atoms with van der Waals surface area (Å²) >= 11 is 0. The predicted molar refractivity (Wildman–Crippen MR) is 111 cm³/mol. The summed E-state index contributed by atoms with van der Waals surface area (Å²) in [5, 5.41) is 6.78. The summed E-state index contributed by atoms with van der Waals surface area (Å²) in [6, 6.07) is 14.7. The van der Waals surface area contributed by atoms with Gasteiger partial charge in [0.25, 0.3) is 0 Å². The molecule has 1 aliphatic rings. The van der Waals surface area contributed by atoms with E-state index in [4.69, 9.17) is 4.74 Å². The minimum atomic E-state index is 0. The summed E-state index contributed by atoms with van der Waals surface area (Å²) in [5.74, 6) is 0.863. The number of rotatable bonds is 5. The SMILES string of the molecule is COc1cccc(C=NN2CCN(Cc3ccc(C)cc3C)CC2)c1.Cl. The number of hydrazone groups is 1. The Morgan fingerprint density at radius 3 is 2.50 bits per heavy atom. The number of halogens is 1. The van der Waals surface area contributed by atoms with Crippen LogP contribution in [0.4, 0.5) is 0 Å². The van der Waals surface area contributed by atoms with Gasteiger partial charge in [-0.05, 0) is 42.7 Å². The van der Waals surface area contributed by atoms with E-state index in [0.717, 1.165) is 44.0 Å². The van der Waals surface area contributed by atoms with E-state index in [1.807, 2.05) is 30.5 Å². The fraction of sp³-hybridized carbons (Fsp3) is 0.381. The smallest absolute Gasteiger partial charge is 0.119 e. The Morgan fingerprint density at radius 1 is 1.04 bits per heavy atom. The molecule has 0 unspecified atom stereocenters. The first kappa shape index (κ1) is 20.3. The molecule has 26 heavy (non-hydrogen) atoms. The van der Waals surface area contributed by atoms with E-state index in [2.05, 4.69) is 47.1 Å². The highest BCUT2D eigenvalue weighted by atomic mass is 35.5. The van der Waals surface area contributed by atoms with Gasteiger partial charge in [-0.2, -0.15) is 5.10 Å². The zero-order valence-corrected chi connectivity index (χ0v) is 16.6. The van der Waals surface area contributed by atoms with Gasteiger partial charge < -0.3 is 4.74 Å². The fourth-order valence-electron chi connectivity index (χ4n) is 3.15. The van der Waals surface area contributed by atoms with E-state index < -0.39 is 0 Å². The van der Waals surface area contributed by atoms with Gasteiger partial charge in [0.15, 0.2) is 0 Å². The van der Waals surface area contributed by atoms with E-state index in [9.17, 15) is 0 Å². The number of benzene rings is 2. The molecule has 2 aromatic carbocycles. The maximum atomic E-state index is 5.25. The zero-order chi connectivity index (χ0) is 17.6. The van der Waals surface area contributed by atoms with Crippen LogP contribution in [0.25, 0.3) is 0 Å². The third-order valence-corrected chi connectivity index (χ3v) is 4.70. The Kier molecular flexibility index (Phi) is 7.49. The van der Waals surface area contributed by atoms with Crippen LogP contribution in [0, 0.1) is 13.8 Å². The van der Waals surface area contributed by atoms with Crippen LogP contribution >= 0.6 is 12.4 Å². The van der Waals surface area contributed by atoms with Crippen molar-refractivity contribution in [3.63, 3.8) is 0 Å². The molecule has 0 atom stereocenters. The van der Waals surface area contributed by atoms with E-state index in [0.29, 0.717) is 0 Å². The molecule has 0 bridgehead atoms. The van der Waals surface area contributed by atoms with Crippen LogP contribution in [0.2, 0.25) is 0 Å². The fourth-order valence-corrected chi connectivity index (χ4v) is 3.15. The van der Waals surface area contributed by atoms with Crippen LogP contribution < -0.4 is 4.74 Å². The Hall–Kier alpha value is -2.04. The normalized spacial score (nSPS) is 15.1. The molecular weight excluding hydrogens is 346 g/mol. The molecular formula is C21H28ClN3O. The van der Waals surface area contributed by atoms with Crippen LogP contribution in [0.15, 0.2) is 47.6 Å². The molecule has 140 valence electrons. The van der Waals surface area contributed by atoms with Crippen molar-refractivity contribution in [2.45, 2.75) is 20.4 Å². The molecule has 1 heterocycles. The number of methoxy groups -OCH3 is 1. The van der Waals surface area contributed by atoms with Gasteiger partial charge in [-0.3, -0.25) is 9.91 Å². The second-order valence-corrected chi connectivity index (χ2v) is 6.68. The number of ether oxygens (including phenoxy) is 1. The van der Waals surface area contributed by atoms with Crippen molar-refractivity contribution < 1.29 is 4.74 Å². The van der Waals surface area contributed by atoms with Gasteiger partial charge in [0.1, 0.15) is 5.75 Å². The van der Waals surface area contributed by atoms with Crippen LogP contribution in [0.5, 0.6) is 5.75 Å². The lowest BCUT2D eigenvalue weighted by atomic mass is 10.1. The number of piperazine rings is 1. The van der Waals surface area contributed by atoms with Gasteiger partial charge in [0.05, 0.1) is 13.3 Å². The summed E-state index contributed by atoms with van der Waals surface area (Å²) in [6.45, 7) is 9.40. The number of hydrogen-bond donors (Lipinski definition) is 0. The summed E-state index contributed by atoms with van der Waals surface area (Å²) in [6.07, 6.45) is 1.92. The lowest BCUT2D eigenvalue weighted by Gasteiger charge is -2.33. The maximum Gasteiger partial charge on any atom is 0.119 e. The molecule has 0 amide bonds. The lowest BCUT2D eigenvalue weighted by Crippen LogP contribution is -2.43. The van der Waals surface area contributed by atoms with E-state index >= 15 is 0 Å². The molecule has 3 rings (SSSR count).